The lowest BCUT2D eigenvalue weighted by Crippen LogP contribution is -2.06. The average molecular weight is 241 g/mol. The van der Waals surface area contributed by atoms with Crippen LogP contribution in [0.15, 0.2) is 18.3 Å². The van der Waals surface area contributed by atoms with Gasteiger partial charge in [-0.1, -0.05) is 0 Å². The summed E-state index contributed by atoms with van der Waals surface area (Å²) in [6.07, 6.45) is -1.44. The van der Waals surface area contributed by atoms with Gasteiger partial charge in [0.1, 0.15) is 5.69 Å². The summed E-state index contributed by atoms with van der Waals surface area (Å²) in [5, 5.41) is 3.75. The lowest BCUT2D eigenvalue weighted by Gasteiger charge is -2.01. The number of fused-ring (bicyclic) bond motifs is 1. The average Bonchev–Trinajstić information content (AvgIpc) is 2.72. The fourth-order valence-corrected chi connectivity index (χ4v) is 1.38. The fourth-order valence-electron chi connectivity index (χ4n) is 1.38. The van der Waals surface area contributed by atoms with E-state index in [1.165, 1.54) is 12.3 Å². The first-order chi connectivity index (χ1) is 8.13. The highest BCUT2D eigenvalue weighted by Gasteiger charge is 2.17. The Hall–Kier alpha value is -2.05. The second-order valence-electron chi connectivity index (χ2n) is 3.19. The van der Waals surface area contributed by atoms with Gasteiger partial charge in [0.05, 0.1) is 6.61 Å². The Morgan fingerprint density at radius 2 is 2.35 bits per heavy atom. The highest BCUT2D eigenvalue weighted by molar-refractivity contribution is 5.88. The van der Waals surface area contributed by atoms with Gasteiger partial charge in [-0.2, -0.15) is 5.10 Å². The van der Waals surface area contributed by atoms with Crippen molar-refractivity contribution in [3.05, 3.63) is 29.7 Å². The van der Waals surface area contributed by atoms with Gasteiger partial charge in [0, 0.05) is 12.3 Å². The van der Waals surface area contributed by atoms with E-state index in [4.69, 9.17) is 4.74 Å². The van der Waals surface area contributed by atoms with Crippen LogP contribution in [0.25, 0.3) is 5.65 Å². The number of halogens is 2. The molecule has 0 fully saturated rings. The first-order valence-electron chi connectivity index (χ1n) is 4.93. The molecular formula is C10H9F2N3O2. The second-order valence-corrected chi connectivity index (χ2v) is 3.19. The minimum absolute atomic E-state index is 0.0348. The number of carbonyl (C=O) groups is 1. The maximum absolute atomic E-state index is 12.7. The lowest BCUT2D eigenvalue weighted by atomic mass is 10.4. The molecule has 0 spiro atoms. The van der Waals surface area contributed by atoms with Crippen LogP contribution in [0.1, 0.15) is 29.5 Å². The number of alkyl halides is 2. The Bertz CT molecular complexity index is 553. The maximum Gasteiger partial charge on any atom is 0.358 e. The van der Waals surface area contributed by atoms with Crippen molar-refractivity contribution in [3.63, 3.8) is 0 Å². The van der Waals surface area contributed by atoms with Crippen molar-refractivity contribution in [2.24, 2.45) is 0 Å². The van der Waals surface area contributed by atoms with Crippen LogP contribution in [0.5, 0.6) is 0 Å². The zero-order valence-electron chi connectivity index (χ0n) is 8.93. The van der Waals surface area contributed by atoms with Gasteiger partial charge >= 0.3 is 5.97 Å². The Morgan fingerprint density at radius 1 is 1.59 bits per heavy atom. The SMILES string of the molecule is CCOC(=O)c1cc2nccc(C(F)F)n2n1. The summed E-state index contributed by atoms with van der Waals surface area (Å²) in [6, 6.07) is 2.46. The highest BCUT2D eigenvalue weighted by atomic mass is 19.3. The summed E-state index contributed by atoms with van der Waals surface area (Å²) in [5.74, 6) is -0.654. The molecule has 17 heavy (non-hydrogen) atoms. The Labute approximate surface area is 95.0 Å². The number of hydrogen-bond donors (Lipinski definition) is 0. The summed E-state index contributed by atoms with van der Waals surface area (Å²) in [4.78, 5) is 15.2. The monoisotopic (exact) mass is 241 g/mol. The minimum Gasteiger partial charge on any atom is -0.461 e. The number of nitrogens with zero attached hydrogens (tertiary/aromatic N) is 3. The van der Waals surface area contributed by atoms with Gasteiger partial charge in [-0.15, -0.1) is 0 Å². The molecule has 0 aliphatic rings. The molecule has 0 atom stereocenters. The van der Waals surface area contributed by atoms with E-state index in [-0.39, 0.29) is 23.6 Å². The normalized spacial score (nSPS) is 11.1. The van der Waals surface area contributed by atoms with E-state index in [1.807, 2.05) is 0 Å². The zero-order chi connectivity index (χ0) is 12.4. The molecule has 0 N–H and O–H groups in total. The molecule has 0 aromatic carbocycles. The van der Waals surface area contributed by atoms with E-state index in [0.717, 1.165) is 10.6 Å². The Balaban J connectivity index is 2.50. The van der Waals surface area contributed by atoms with Crippen LogP contribution in [0, 0.1) is 0 Å². The molecule has 0 aliphatic heterocycles. The van der Waals surface area contributed by atoms with Crippen LogP contribution >= 0.6 is 0 Å². The lowest BCUT2D eigenvalue weighted by molar-refractivity contribution is 0.0518. The molecule has 2 rings (SSSR count). The fraction of sp³-hybridized carbons (Fsp3) is 0.300. The molecule has 5 nitrogen and oxygen atoms in total. The van der Waals surface area contributed by atoms with Crippen LogP contribution in [-0.4, -0.2) is 27.2 Å². The predicted molar refractivity (Wildman–Crippen MR) is 53.9 cm³/mol. The topological polar surface area (TPSA) is 56.5 Å². The molecule has 90 valence electrons. The number of rotatable bonds is 3. The van der Waals surface area contributed by atoms with E-state index in [9.17, 15) is 13.6 Å². The summed E-state index contributed by atoms with van der Waals surface area (Å²) in [5.41, 5.74) is -0.163. The van der Waals surface area contributed by atoms with Gasteiger partial charge in [-0.05, 0) is 13.0 Å². The molecule has 2 aromatic rings. The van der Waals surface area contributed by atoms with Crippen molar-refractivity contribution >= 4 is 11.6 Å². The molecule has 2 heterocycles. The number of esters is 1. The van der Waals surface area contributed by atoms with Crippen LogP contribution in [-0.2, 0) is 4.74 Å². The summed E-state index contributed by atoms with van der Waals surface area (Å²) >= 11 is 0. The van der Waals surface area contributed by atoms with Crippen LogP contribution in [0.2, 0.25) is 0 Å². The van der Waals surface area contributed by atoms with E-state index >= 15 is 0 Å². The van der Waals surface area contributed by atoms with Crippen molar-refractivity contribution in [1.82, 2.24) is 14.6 Å². The third kappa shape index (κ3) is 2.08. The third-order valence-corrected chi connectivity index (χ3v) is 2.10. The standard InChI is InChI=1S/C10H9F2N3O2/c1-2-17-10(16)6-5-8-13-4-3-7(9(11)12)15(8)14-6/h3-5,9H,2H2,1H3. The van der Waals surface area contributed by atoms with Crippen LogP contribution in [0.3, 0.4) is 0 Å². The van der Waals surface area contributed by atoms with Gasteiger partial charge in [-0.25, -0.2) is 23.1 Å². The molecule has 0 amide bonds. The number of carbonyl (C=O) groups excluding carboxylic acids is 1. The highest BCUT2D eigenvalue weighted by Crippen LogP contribution is 2.19. The van der Waals surface area contributed by atoms with Gasteiger partial charge in [-0.3, -0.25) is 0 Å². The van der Waals surface area contributed by atoms with Gasteiger partial charge in [0.2, 0.25) is 0 Å². The van der Waals surface area contributed by atoms with E-state index in [0.29, 0.717) is 0 Å². The molecule has 0 unspecified atom stereocenters. The molecule has 0 saturated heterocycles. The number of ether oxygens (including phenoxy) is 1. The first-order valence-corrected chi connectivity index (χ1v) is 4.93. The van der Waals surface area contributed by atoms with Crippen molar-refractivity contribution in [1.29, 1.82) is 0 Å². The summed E-state index contributed by atoms with van der Waals surface area (Å²) in [6.45, 7) is 1.85. The van der Waals surface area contributed by atoms with Crippen molar-refractivity contribution in [3.8, 4) is 0 Å². The van der Waals surface area contributed by atoms with E-state index in [2.05, 4.69) is 10.1 Å². The molecule has 0 bridgehead atoms. The number of hydrogen-bond acceptors (Lipinski definition) is 4. The maximum atomic E-state index is 12.7. The second kappa shape index (κ2) is 4.44. The van der Waals surface area contributed by atoms with Crippen molar-refractivity contribution in [2.75, 3.05) is 6.61 Å². The molecule has 0 aliphatic carbocycles. The van der Waals surface area contributed by atoms with E-state index in [1.54, 1.807) is 6.92 Å². The van der Waals surface area contributed by atoms with Crippen LogP contribution < -0.4 is 0 Å². The Morgan fingerprint density at radius 3 is 3.00 bits per heavy atom. The van der Waals surface area contributed by atoms with Gasteiger partial charge < -0.3 is 4.74 Å². The van der Waals surface area contributed by atoms with Gasteiger partial charge in [0.25, 0.3) is 6.43 Å². The predicted octanol–water partition coefficient (Wildman–Crippen LogP) is 1.84. The van der Waals surface area contributed by atoms with E-state index < -0.39 is 12.4 Å². The first kappa shape index (κ1) is 11.4. The van der Waals surface area contributed by atoms with Crippen molar-refractivity contribution < 1.29 is 18.3 Å². The Kier molecular flexibility index (Phi) is 2.99. The summed E-state index contributed by atoms with van der Waals surface area (Å²) in [7, 11) is 0. The molecule has 0 radical (unpaired) electrons. The van der Waals surface area contributed by atoms with Crippen molar-refractivity contribution in [2.45, 2.75) is 13.3 Å². The number of aromatic nitrogens is 3. The largest absolute Gasteiger partial charge is 0.461 e. The summed E-state index contributed by atoms with van der Waals surface area (Å²) < 4.78 is 31.0. The van der Waals surface area contributed by atoms with Gasteiger partial charge in [0.15, 0.2) is 11.3 Å². The molecule has 7 heteroatoms. The molecule has 2 aromatic heterocycles. The quantitative estimate of drug-likeness (QED) is 0.769. The molecular weight excluding hydrogens is 232 g/mol. The van der Waals surface area contributed by atoms with Crippen LogP contribution in [0.4, 0.5) is 8.78 Å². The third-order valence-electron chi connectivity index (χ3n) is 2.10. The zero-order valence-corrected chi connectivity index (χ0v) is 8.93. The minimum atomic E-state index is -2.68. The smallest absolute Gasteiger partial charge is 0.358 e. The molecule has 0 saturated carbocycles.